The number of esters is 1. The average molecular weight is 449 g/mol. The van der Waals surface area contributed by atoms with Crippen molar-refractivity contribution in [2.24, 2.45) is 40.4 Å². The van der Waals surface area contributed by atoms with E-state index in [0.29, 0.717) is 30.8 Å². The van der Waals surface area contributed by atoms with Crippen molar-refractivity contribution in [2.45, 2.75) is 77.7 Å². The van der Waals surface area contributed by atoms with Crippen LogP contribution in [0, 0.1) is 40.4 Å². The lowest BCUT2D eigenvalue weighted by Crippen LogP contribution is -2.59. The average Bonchev–Trinajstić information content (AvgIpc) is 3.08. The lowest BCUT2D eigenvalue weighted by atomic mass is 9.45. The van der Waals surface area contributed by atoms with Crippen molar-refractivity contribution in [2.75, 3.05) is 6.61 Å². The fourth-order valence-corrected chi connectivity index (χ4v) is 8.46. The van der Waals surface area contributed by atoms with Gasteiger partial charge in [0.15, 0.2) is 5.78 Å². The summed E-state index contributed by atoms with van der Waals surface area (Å²) in [6.07, 6.45) is 10.5. The van der Waals surface area contributed by atoms with E-state index in [9.17, 15) is 14.7 Å². The van der Waals surface area contributed by atoms with Gasteiger partial charge >= 0.3 is 5.97 Å². The minimum absolute atomic E-state index is 0.0843. The number of fused-ring (bicyclic) bond motifs is 5. The van der Waals surface area contributed by atoms with Gasteiger partial charge in [0.05, 0.1) is 18.1 Å². The molecule has 0 aromatic carbocycles. The molecule has 0 spiro atoms. The van der Waals surface area contributed by atoms with Gasteiger partial charge in [-0.25, -0.2) is 4.79 Å². The highest BCUT2D eigenvalue weighted by molar-refractivity contribution is 6.23. The normalized spacial score (nSPS) is 45.5. The number of aliphatic hydroxyl groups excluding tert-OH is 1. The third-order valence-corrected chi connectivity index (χ3v) is 10.0. The summed E-state index contributed by atoms with van der Waals surface area (Å²) in [5, 5.41) is 10.9. The number of rotatable bonds is 4. The van der Waals surface area contributed by atoms with Gasteiger partial charge in [0, 0.05) is 12.5 Å². The molecule has 4 rings (SSSR count). The standard InChI is InChI=1S/C26H37ClO4/c1-5-31-21(29)9-6-15(2)17-7-8-18-22-19(11-13-25(17,18)3)26(4)12-10-16(28)14-20(26)23(27)24(22)30/h6,9,14-15,17-19,22-24,30H,5,7-8,10-13H2,1-4H3/b9-6+/t15-,17?,18?,19?,22?,23-,24-,25-,26-/m1/s1. The Hall–Kier alpha value is -1.13. The molecule has 9 atom stereocenters. The second-order valence-corrected chi connectivity index (χ2v) is 11.3. The Balaban J connectivity index is 1.60. The van der Waals surface area contributed by atoms with E-state index in [1.165, 1.54) is 0 Å². The maximum Gasteiger partial charge on any atom is 0.330 e. The number of aliphatic hydroxyl groups is 1. The maximum absolute atomic E-state index is 12.1. The van der Waals surface area contributed by atoms with Crippen LogP contribution in [0.4, 0.5) is 0 Å². The molecule has 3 fully saturated rings. The lowest BCUT2D eigenvalue weighted by molar-refractivity contribution is -0.137. The maximum atomic E-state index is 12.1. The Morgan fingerprint density at radius 1 is 1.29 bits per heavy atom. The SMILES string of the molecule is CCOC(=O)/C=C/[C@@H](C)C1CCC2C3C(CC[C@@]21C)[C@@]1(C)CCC(=O)C=C1[C@@H](Cl)[C@@H]3O. The molecule has 0 saturated heterocycles. The first-order valence-corrected chi connectivity index (χ1v) is 12.5. The Kier molecular flexibility index (Phi) is 6.20. The number of carbonyl (C=O) groups excluding carboxylic acids is 2. The molecule has 0 aromatic rings. The number of hydrogen-bond donors (Lipinski definition) is 1. The van der Waals surface area contributed by atoms with E-state index in [0.717, 1.165) is 37.7 Å². The smallest absolute Gasteiger partial charge is 0.330 e. The third-order valence-electron chi connectivity index (χ3n) is 9.54. The molecular weight excluding hydrogens is 412 g/mol. The highest BCUT2D eigenvalue weighted by Crippen LogP contribution is 2.68. The molecule has 31 heavy (non-hydrogen) atoms. The van der Waals surface area contributed by atoms with Gasteiger partial charge in [-0.15, -0.1) is 11.6 Å². The van der Waals surface area contributed by atoms with Crippen molar-refractivity contribution < 1.29 is 19.4 Å². The van der Waals surface area contributed by atoms with Crippen molar-refractivity contribution in [1.82, 2.24) is 0 Å². The van der Waals surface area contributed by atoms with Gasteiger partial charge in [-0.1, -0.05) is 26.8 Å². The fraction of sp³-hybridized carbons (Fsp3) is 0.769. The van der Waals surface area contributed by atoms with Crippen LogP contribution in [0.1, 0.15) is 66.2 Å². The Morgan fingerprint density at radius 3 is 2.74 bits per heavy atom. The van der Waals surface area contributed by atoms with E-state index >= 15 is 0 Å². The Labute approximate surface area is 191 Å². The fourth-order valence-electron chi connectivity index (χ4n) is 7.98. The monoisotopic (exact) mass is 448 g/mol. The van der Waals surface area contributed by atoms with E-state index in [2.05, 4.69) is 20.8 Å². The molecule has 4 unspecified atom stereocenters. The summed E-state index contributed by atoms with van der Waals surface area (Å²) in [4.78, 5) is 23.9. The predicted octanol–water partition coefficient (Wildman–Crippen LogP) is 5.08. The van der Waals surface area contributed by atoms with Crippen molar-refractivity contribution in [3.8, 4) is 0 Å². The number of hydrogen-bond acceptors (Lipinski definition) is 4. The van der Waals surface area contributed by atoms with Crippen LogP contribution in [0.25, 0.3) is 0 Å². The van der Waals surface area contributed by atoms with E-state index in [4.69, 9.17) is 16.3 Å². The predicted molar refractivity (Wildman–Crippen MR) is 122 cm³/mol. The summed E-state index contributed by atoms with van der Waals surface area (Å²) in [5.74, 6) is 1.59. The first-order valence-electron chi connectivity index (χ1n) is 12.1. The number of halogens is 1. The molecule has 0 bridgehead atoms. The molecule has 4 aliphatic rings. The lowest BCUT2D eigenvalue weighted by Gasteiger charge is -2.60. The molecule has 5 heteroatoms. The molecule has 4 nitrogen and oxygen atoms in total. The zero-order valence-electron chi connectivity index (χ0n) is 19.3. The zero-order chi connectivity index (χ0) is 22.6. The number of carbonyl (C=O) groups is 2. The van der Waals surface area contributed by atoms with Gasteiger partial charge in [0.1, 0.15) is 0 Å². The number of alkyl halides is 1. The first kappa shape index (κ1) is 23.0. The molecule has 0 radical (unpaired) electrons. The summed E-state index contributed by atoms with van der Waals surface area (Å²) in [7, 11) is 0. The molecule has 0 heterocycles. The van der Waals surface area contributed by atoms with Gasteiger partial charge in [-0.3, -0.25) is 4.79 Å². The largest absolute Gasteiger partial charge is 0.463 e. The second-order valence-electron chi connectivity index (χ2n) is 10.9. The quantitative estimate of drug-likeness (QED) is 0.370. The third kappa shape index (κ3) is 3.62. The van der Waals surface area contributed by atoms with Crippen LogP contribution in [0.2, 0.25) is 0 Å². The first-order chi connectivity index (χ1) is 14.6. The summed E-state index contributed by atoms with van der Waals surface area (Å²) >= 11 is 6.83. The summed E-state index contributed by atoms with van der Waals surface area (Å²) < 4.78 is 5.05. The molecular formula is C26H37ClO4. The van der Waals surface area contributed by atoms with Crippen LogP contribution in [-0.4, -0.2) is 34.9 Å². The van der Waals surface area contributed by atoms with Crippen LogP contribution in [0.5, 0.6) is 0 Å². The summed E-state index contributed by atoms with van der Waals surface area (Å²) in [6, 6.07) is 0. The molecule has 0 amide bonds. The van der Waals surface area contributed by atoms with Crippen molar-refractivity contribution in [3.05, 3.63) is 23.8 Å². The molecule has 0 aromatic heterocycles. The molecule has 172 valence electrons. The van der Waals surface area contributed by atoms with Gasteiger partial charge in [0.25, 0.3) is 0 Å². The van der Waals surface area contributed by atoms with E-state index in [1.54, 1.807) is 12.2 Å². The van der Waals surface area contributed by atoms with Gasteiger partial charge < -0.3 is 9.84 Å². The minimum Gasteiger partial charge on any atom is -0.463 e. The van der Waals surface area contributed by atoms with Crippen molar-refractivity contribution in [3.63, 3.8) is 0 Å². The molecule has 0 aliphatic heterocycles. The van der Waals surface area contributed by atoms with E-state index < -0.39 is 11.5 Å². The van der Waals surface area contributed by atoms with Crippen LogP contribution >= 0.6 is 11.6 Å². The van der Waals surface area contributed by atoms with E-state index in [-0.39, 0.29) is 34.4 Å². The molecule has 1 N–H and O–H groups in total. The van der Waals surface area contributed by atoms with E-state index in [1.807, 2.05) is 13.0 Å². The Bertz CT molecular complexity index is 803. The van der Waals surface area contributed by atoms with Crippen LogP contribution in [0.15, 0.2) is 23.8 Å². The number of allylic oxidation sites excluding steroid dienone is 1. The number of ether oxygens (including phenoxy) is 1. The van der Waals surface area contributed by atoms with Crippen LogP contribution in [-0.2, 0) is 14.3 Å². The summed E-state index contributed by atoms with van der Waals surface area (Å²) in [6.45, 7) is 9.09. The number of ketones is 1. The topological polar surface area (TPSA) is 63.6 Å². The molecule has 3 saturated carbocycles. The van der Waals surface area contributed by atoms with Gasteiger partial charge in [-0.05, 0) is 91.1 Å². The molecule has 4 aliphatic carbocycles. The zero-order valence-corrected chi connectivity index (χ0v) is 20.0. The highest BCUT2D eigenvalue weighted by Gasteiger charge is 2.63. The van der Waals surface area contributed by atoms with Crippen molar-refractivity contribution >= 4 is 23.4 Å². The second kappa shape index (κ2) is 8.33. The van der Waals surface area contributed by atoms with Gasteiger partial charge in [0.2, 0.25) is 0 Å². The van der Waals surface area contributed by atoms with Crippen LogP contribution in [0.3, 0.4) is 0 Å². The van der Waals surface area contributed by atoms with Crippen LogP contribution < -0.4 is 0 Å². The van der Waals surface area contributed by atoms with Gasteiger partial charge in [-0.2, -0.15) is 0 Å². The summed E-state index contributed by atoms with van der Waals surface area (Å²) in [5.41, 5.74) is 1.02. The highest BCUT2D eigenvalue weighted by atomic mass is 35.5. The van der Waals surface area contributed by atoms with Crippen molar-refractivity contribution in [1.29, 1.82) is 0 Å². The Morgan fingerprint density at radius 2 is 2.03 bits per heavy atom. The minimum atomic E-state index is -0.606.